The molecule has 0 saturated heterocycles. The number of rotatable bonds is 5. The topological polar surface area (TPSA) is 88.2 Å². The van der Waals surface area contributed by atoms with Crippen molar-refractivity contribution in [1.82, 2.24) is 10.3 Å². The normalized spacial score (nSPS) is 12.1. The molecule has 1 unspecified atom stereocenters. The lowest BCUT2D eigenvalue weighted by molar-refractivity contribution is 0.0945. The largest absolute Gasteiger partial charge is 0.397 e. The molecule has 5 heteroatoms. The molecular weight excluding hydrogens is 206 g/mol. The zero-order chi connectivity index (χ0) is 12.0. The minimum absolute atomic E-state index is 0.217. The first kappa shape index (κ1) is 12.4. The third-order valence-corrected chi connectivity index (χ3v) is 2.10. The van der Waals surface area contributed by atoms with E-state index in [0.717, 1.165) is 6.42 Å². The Bertz CT molecular complexity index is 336. The number of carbonyl (C=O) groups is 1. The number of nitrogen functional groups attached to an aromatic ring is 1. The van der Waals surface area contributed by atoms with E-state index in [4.69, 9.17) is 10.8 Å². The van der Waals surface area contributed by atoms with Crippen LogP contribution in [0.15, 0.2) is 18.3 Å². The number of nitrogens with one attached hydrogen (secondary N) is 1. The fraction of sp³-hybridized carbons (Fsp3) is 0.455. The summed E-state index contributed by atoms with van der Waals surface area (Å²) < 4.78 is 0. The lowest BCUT2D eigenvalue weighted by atomic mass is 10.2. The molecule has 88 valence electrons. The van der Waals surface area contributed by atoms with Crippen molar-refractivity contribution < 1.29 is 9.90 Å². The van der Waals surface area contributed by atoms with Crippen LogP contribution in [0.1, 0.15) is 30.3 Å². The second-order valence-corrected chi connectivity index (χ2v) is 3.72. The number of nitrogens with zero attached hydrogens (tertiary/aromatic N) is 1. The van der Waals surface area contributed by atoms with Gasteiger partial charge in [-0.1, -0.05) is 0 Å². The molecule has 0 aromatic carbocycles. The van der Waals surface area contributed by atoms with Gasteiger partial charge in [-0.3, -0.25) is 4.79 Å². The summed E-state index contributed by atoms with van der Waals surface area (Å²) in [5, 5.41) is 11.7. The van der Waals surface area contributed by atoms with Crippen molar-refractivity contribution in [3.63, 3.8) is 0 Å². The highest BCUT2D eigenvalue weighted by atomic mass is 16.3. The molecule has 0 aliphatic carbocycles. The van der Waals surface area contributed by atoms with Gasteiger partial charge in [-0.15, -0.1) is 0 Å². The third kappa shape index (κ3) is 4.27. The number of carbonyl (C=O) groups excluding carboxylic acids is 1. The smallest absolute Gasteiger partial charge is 0.269 e. The fourth-order valence-corrected chi connectivity index (χ4v) is 1.23. The van der Waals surface area contributed by atoms with Crippen molar-refractivity contribution in [2.75, 3.05) is 12.3 Å². The van der Waals surface area contributed by atoms with Crippen molar-refractivity contribution in [3.8, 4) is 0 Å². The molecule has 0 saturated carbocycles. The summed E-state index contributed by atoms with van der Waals surface area (Å²) >= 11 is 0. The van der Waals surface area contributed by atoms with Crippen LogP contribution in [0.25, 0.3) is 0 Å². The van der Waals surface area contributed by atoms with E-state index in [2.05, 4.69) is 10.3 Å². The van der Waals surface area contributed by atoms with Crippen LogP contribution in [-0.4, -0.2) is 28.6 Å². The Morgan fingerprint density at radius 1 is 1.62 bits per heavy atom. The van der Waals surface area contributed by atoms with Crippen LogP contribution in [0.3, 0.4) is 0 Å². The number of nitrogens with two attached hydrogens (primary N) is 1. The maximum atomic E-state index is 11.5. The number of anilines is 1. The van der Waals surface area contributed by atoms with Gasteiger partial charge in [-0.05, 0) is 31.9 Å². The molecule has 0 aliphatic heterocycles. The van der Waals surface area contributed by atoms with Crippen LogP contribution >= 0.6 is 0 Å². The molecule has 1 atom stereocenters. The number of hydrogen-bond donors (Lipinski definition) is 3. The predicted octanol–water partition coefficient (Wildman–Crippen LogP) is 0.555. The zero-order valence-electron chi connectivity index (χ0n) is 9.31. The Labute approximate surface area is 94.7 Å². The molecule has 0 fully saturated rings. The van der Waals surface area contributed by atoms with Gasteiger partial charge in [0.15, 0.2) is 0 Å². The number of aliphatic hydroxyl groups excluding tert-OH is 1. The zero-order valence-corrected chi connectivity index (χ0v) is 9.31. The molecule has 1 heterocycles. The van der Waals surface area contributed by atoms with E-state index < -0.39 is 0 Å². The van der Waals surface area contributed by atoms with Crippen LogP contribution in [-0.2, 0) is 0 Å². The van der Waals surface area contributed by atoms with Crippen LogP contribution < -0.4 is 11.1 Å². The van der Waals surface area contributed by atoms with E-state index in [9.17, 15) is 4.79 Å². The maximum absolute atomic E-state index is 11.5. The summed E-state index contributed by atoms with van der Waals surface area (Å²) in [4.78, 5) is 15.4. The Kier molecular flexibility index (Phi) is 4.72. The predicted molar refractivity (Wildman–Crippen MR) is 61.9 cm³/mol. The van der Waals surface area contributed by atoms with Crippen LogP contribution in [0.2, 0.25) is 0 Å². The average Bonchev–Trinajstić information content (AvgIpc) is 2.25. The highest BCUT2D eigenvalue weighted by molar-refractivity contribution is 5.92. The number of pyridine rings is 1. The van der Waals surface area contributed by atoms with Crippen molar-refractivity contribution in [2.45, 2.75) is 25.9 Å². The SMILES string of the molecule is CC(O)CCCNC(=O)c1ccc(N)cn1. The summed E-state index contributed by atoms with van der Waals surface area (Å²) in [7, 11) is 0. The van der Waals surface area contributed by atoms with Gasteiger partial charge in [0.25, 0.3) is 5.91 Å². The molecule has 1 rings (SSSR count). The summed E-state index contributed by atoms with van der Waals surface area (Å²) in [6.45, 7) is 2.26. The van der Waals surface area contributed by atoms with Gasteiger partial charge in [0.1, 0.15) is 5.69 Å². The van der Waals surface area contributed by atoms with Gasteiger partial charge >= 0.3 is 0 Å². The minimum Gasteiger partial charge on any atom is -0.397 e. The van der Waals surface area contributed by atoms with Gasteiger partial charge in [0, 0.05) is 6.54 Å². The Hall–Kier alpha value is -1.62. The summed E-state index contributed by atoms with van der Waals surface area (Å²) in [5.41, 5.74) is 6.35. The van der Waals surface area contributed by atoms with Gasteiger partial charge < -0.3 is 16.2 Å². The Morgan fingerprint density at radius 3 is 2.94 bits per heavy atom. The van der Waals surface area contributed by atoms with E-state index in [1.165, 1.54) is 6.20 Å². The van der Waals surface area contributed by atoms with Crippen LogP contribution in [0, 0.1) is 0 Å². The van der Waals surface area contributed by atoms with E-state index in [1.807, 2.05) is 0 Å². The first-order chi connectivity index (χ1) is 7.59. The molecule has 1 aromatic heterocycles. The quantitative estimate of drug-likeness (QED) is 0.636. The van der Waals surface area contributed by atoms with Crippen molar-refractivity contribution in [2.24, 2.45) is 0 Å². The second-order valence-electron chi connectivity index (χ2n) is 3.72. The first-order valence-electron chi connectivity index (χ1n) is 5.27. The number of aliphatic hydroxyl groups is 1. The molecule has 1 amide bonds. The molecule has 1 aromatic rings. The summed E-state index contributed by atoms with van der Waals surface area (Å²) in [6.07, 6.45) is 2.55. The van der Waals surface area contributed by atoms with Crippen molar-refractivity contribution in [3.05, 3.63) is 24.0 Å². The molecule has 16 heavy (non-hydrogen) atoms. The second kappa shape index (κ2) is 6.07. The van der Waals surface area contributed by atoms with E-state index in [1.54, 1.807) is 19.1 Å². The summed E-state index contributed by atoms with van der Waals surface area (Å²) in [5.74, 6) is -0.217. The highest BCUT2D eigenvalue weighted by Gasteiger charge is 2.05. The molecule has 5 nitrogen and oxygen atoms in total. The summed E-state index contributed by atoms with van der Waals surface area (Å²) in [6, 6.07) is 3.22. The van der Waals surface area contributed by atoms with Crippen molar-refractivity contribution in [1.29, 1.82) is 0 Å². The number of aromatic nitrogens is 1. The molecule has 0 bridgehead atoms. The fourth-order valence-electron chi connectivity index (χ4n) is 1.23. The van der Waals surface area contributed by atoms with E-state index >= 15 is 0 Å². The monoisotopic (exact) mass is 223 g/mol. The Balaban J connectivity index is 2.32. The molecule has 0 spiro atoms. The van der Waals surface area contributed by atoms with Crippen molar-refractivity contribution >= 4 is 11.6 Å². The Morgan fingerprint density at radius 2 is 2.38 bits per heavy atom. The minimum atomic E-state index is -0.327. The first-order valence-corrected chi connectivity index (χ1v) is 5.27. The maximum Gasteiger partial charge on any atom is 0.269 e. The van der Waals surface area contributed by atoms with Gasteiger partial charge in [-0.2, -0.15) is 0 Å². The van der Waals surface area contributed by atoms with E-state index in [0.29, 0.717) is 24.3 Å². The van der Waals surface area contributed by atoms with Gasteiger partial charge in [0.05, 0.1) is 18.0 Å². The van der Waals surface area contributed by atoms with E-state index in [-0.39, 0.29) is 12.0 Å². The van der Waals surface area contributed by atoms with Gasteiger partial charge in [0.2, 0.25) is 0 Å². The number of amides is 1. The van der Waals surface area contributed by atoms with Gasteiger partial charge in [-0.25, -0.2) is 4.98 Å². The standard InChI is InChI=1S/C11H17N3O2/c1-8(15)3-2-6-13-11(16)10-5-4-9(12)7-14-10/h4-5,7-8,15H,2-3,6,12H2,1H3,(H,13,16). The van der Waals surface area contributed by atoms with Crippen LogP contribution in [0.5, 0.6) is 0 Å². The average molecular weight is 223 g/mol. The molecule has 4 N–H and O–H groups in total. The number of hydrogen-bond acceptors (Lipinski definition) is 4. The molecular formula is C11H17N3O2. The molecule has 0 radical (unpaired) electrons. The lowest BCUT2D eigenvalue weighted by Crippen LogP contribution is -2.25. The lowest BCUT2D eigenvalue weighted by Gasteiger charge is -2.06. The third-order valence-electron chi connectivity index (χ3n) is 2.10. The van der Waals surface area contributed by atoms with Crippen LogP contribution in [0.4, 0.5) is 5.69 Å². The molecule has 0 aliphatic rings. The highest BCUT2D eigenvalue weighted by Crippen LogP contribution is 2.01.